The van der Waals surface area contributed by atoms with E-state index in [-0.39, 0.29) is 0 Å². The van der Waals surface area contributed by atoms with Crippen LogP contribution in [0.2, 0.25) is 0 Å². The third-order valence-electron chi connectivity index (χ3n) is 3.44. The van der Waals surface area contributed by atoms with E-state index in [1.54, 1.807) is 6.20 Å². The van der Waals surface area contributed by atoms with Gasteiger partial charge in [0.15, 0.2) is 0 Å². The Bertz CT molecular complexity index is 531. The van der Waals surface area contributed by atoms with Crippen LogP contribution < -0.4 is 0 Å². The zero-order chi connectivity index (χ0) is 13.8. The van der Waals surface area contributed by atoms with Gasteiger partial charge in [0.05, 0.1) is 5.69 Å². The number of hydrogen-bond acceptors (Lipinski definition) is 2. The van der Waals surface area contributed by atoms with Crippen molar-refractivity contribution in [3.63, 3.8) is 0 Å². The summed E-state index contributed by atoms with van der Waals surface area (Å²) in [6.45, 7) is 6.34. The van der Waals surface area contributed by atoms with Gasteiger partial charge in [-0.1, -0.05) is 44.2 Å². The summed E-state index contributed by atoms with van der Waals surface area (Å²) in [4.78, 5) is 4.27. The number of benzene rings is 1. The molecule has 0 saturated carbocycles. The number of aromatic nitrogens is 1. The average Bonchev–Trinajstić information content (AvgIpc) is 2.39. The lowest BCUT2D eigenvalue weighted by Crippen LogP contribution is -2.06. The third-order valence-corrected chi connectivity index (χ3v) is 3.44. The first-order valence-electron chi connectivity index (χ1n) is 6.76. The summed E-state index contributed by atoms with van der Waals surface area (Å²) in [5.41, 5.74) is 4.28. The highest BCUT2D eigenvalue weighted by molar-refractivity contribution is 5.27. The van der Waals surface area contributed by atoms with E-state index in [4.69, 9.17) is 0 Å². The van der Waals surface area contributed by atoms with Crippen LogP contribution in [0.3, 0.4) is 0 Å². The van der Waals surface area contributed by atoms with Crippen molar-refractivity contribution in [2.75, 3.05) is 0 Å². The second kappa shape index (κ2) is 5.98. The molecule has 0 aliphatic heterocycles. The predicted octanol–water partition coefficient (Wildman–Crippen LogP) is 3.79. The van der Waals surface area contributed by atoms with Gasteiger partial charge in [-0.25, -0.2) is 0 Å². The number of hydrogen-bond donors (Lipinski definition) is 1. The molecule has 2 nitrogen and oxygen atoms in total. The normalized spacial score (nSPS) is 12.7. The lowest BCUT2D eigenvalue weighted by atomic mass is 9.98. The number of aliphatic hydroxyl groups is 1. The number of nitrogens with zero attached hydrogens (tertiary/aromatic N) is 1. The molecule has 1 N–H and O–H groups in total. The lowest BCUT2D eigenvalue weighted by molar-refractivity contribution is 0.173. The van der Waals surface area contributed by atoms with Crippen molar-refractivity contribution < 1.29 is 5.11 Å². The minimum absolute atomic E-state index is 0.536. The van der Waals surface area contributed by atoms with Gasteiger partial charge in [0.25, 0.3) is 0 Å². The van der Waals surface area contributed by atoms with Crippen LogP contribution in [-0.2, 0) is 6.42 Å². The molecular formula is C17H21NO. The summed E-state index contributed by atoms with van der Waals surface area (Å²) in [5, 5.41) is 10.3. The standard InChI is InChI=1S/C17H21NO/c1-12(2)15-8-6-14(7-9-15)11-16(19)17-13(3)5-4-10-18-17/h4-10,12,16,19H,11H2,1-3H3. The Hall–Kier alpha value is -1.67. The van der Waals surface area contributed by atoms with E-state index < -0.39 is 6.10 Å². The van der Waals surface area contributed by atoms with Gasteiger partial charge in [-0.3, -0.25) is 4.98 Å². The Kier molecular flexibility index (Phi) is 4.33. The Balaban J connectivity index is 2.11. The van der Waals surface area contributed by atoms with Crippen molar-refractivity contribution in [3.8, 4) is 0 Å². The van der Waals surface area contributed by atoms with Crippen LogP contribution in [0.5, 0.6) is 0 Å². The van der Waals surface area contributed by atoms with Crippen molar-refractivity contribution in [1.29, 1.82) is 0 Å². The molecule has 0 spiro atoms. The molecule has 0 amide bonds. The van der Waals surface area contributed by atoms with Gasteiger partial charge in [-0.05, 0) is 35.6 Å². The average molecular weight is 255 g/mol. The Labute approximate surface area is 115 Å². The SMILES string of the molecule is Cc1cccnc1C(O)Cc1ccc(C(C)C)cc1. The van der Waals surface area contributed by atoms with Crippen LogP contribution in [0.25, 0.3) is 0 Å². The number of pyridine rings is 1. The fourth-order valence-electron chi connectivity index (χ4n) is 2.21. The molecule has 0 aliphatic rings. The van der Waals surface area contributed by atoms with Gasteiger partial charge in [0.2, 0.25) is 0 Å². The van der Waals surface area contributed by atoms with E-state index in [1.165, 1.54) is 5.56 Å². The maximum absolute atomic E-state index is 10.3. The maximum Gasteiger partial charge on any atom is 0.100 e. The molecule has 1 aromatic carbocycles. The molecule has 2 rings (SSSR count). The summed E-state index contributed by atoms with van der Waals surface area (Å²) < 4.78 is 0. The number of rotatable bonds is 4. The molecule has 1 heterocycles. The first kappa shape index (κ1) is 13.8. The fraction of sp³-hybridized carbons (Fsp3) is 0.353. The largest absolute Gasteiger partial charge is 0.386 e. The van der Waals surface area contributed by atoms with E-state index in [0.29, 0.717) is 12.3 Å². The zero-order valence-electron chi connectivity index (χ0n) is 11.8. The van der Waals surface area contributed by atoms with Gasteiger partial charge in [0, 0.05) is 12.6 Å². The molecule has 0 saturated heterocycles. The lowest BCUT2D eigenvalue weighted by Gasteiger charge is -2.13. The molecule has 1 aromatic heterocycles. The van der Waals surface area contributed by atoms with E-state index in [0.717, 1.165) is 16.8 Å². The van der Waals surface area contributed by atoms with Crippen LogP contribution in [0.4, 0.5) is 0 Å². The van der Waals surface area contributed by atoms with Gasteiger partial charge < -0.3 is 5.11 Å². The fourth-order valence-corrected chi connectivity index (χ4v) is 2.21. The third kappa shape index (κ3) is 3.42. The molecule has 1 atom stereocenters. The molecule has 0 fully saturated rings. The quantitative estimate of drug-likeness (QED) is 0.901. The molecule has 19 heavy (non-hydrogen) atoms. The van der Waals surface area contributed by atoms with Crippen molar-refractivity contribution >= 4 is 0 Å². The second-order valence-electron chi connectivity index (χ2n) is 5.32. The highest BCUT2D eigenvalue weighted by atomic mass is 16.3. The molecule has 0 aliphatic carbocycles. The van der Waals surface area contributed by atoms with E-state index in [2.05, 4.69) is 43.1 Å². The number of aliphatic hydroxyl groups excluding tert-OH is 1. The van der Waals surface area contributed by atoms with Crippen molar-refractivity contribution in [1.82, 2.24) is 4.98 Å². The number of aryl methyl sites for hydroxylation is 1. The monoisotopic (exact) mass is 255 g/mol. The molecule has 2 aromatic rings. The highest BCUT2D eigenvalue weighted by Gasteiger charge is 2.12. The van der Waals surface area contributed by atoms with Crippen LogP contribution in [0.1, 0.15) is 48.3 Å². The van der Waals surface area contributed by atoms with Crippen LogP contribution in [-0.4, -0.2) is 10.1 Å². The van der Waals surface area contributed by atoms with Crippen molar-refractivity contribution in [3.05, 3.63) is 65.0 Å². The van der Waals surface area contributed by atoms with Gasteiger partial charge in [-0.15, -0.1) is 0 Å². The van der Waals surface area contributed by atoms with Crippen molar-refractivity contribution in [2.24, 2.45) is 0 Å². The van der Waals surface area contributed by atoms with Crippen LogP contribution in [0.15, 0.2) is 42.6 Å². The molecule has 2 heteroatoms. The smallest absolute Gasteiger partial charge is 0.100 e. The first-order valence-corrected chi connectivity index (χ1v) is 6.76. The summed E-state index contributed by atoms with van der Waals surface area (Å²) >= 11 is 0. The Morgan fingerprint density at radius 3 is 2.37 bits per heavy atom. The Morgan fingerprint density at radius 2 is 1.79 bits per heavy atom. The van der Waals surface area contributed by atoms with Crippen LogP contribution in [0, 0.1) is 6.92 Å². The summed E-state index contributed by atoms with van der Waals surface area (Å²) in [7, 11) is 0. The topological polar surface area (TPSA) is 33.1 Å². The highest BCUT2D eigenvalue weighted by Crippen LogP contribution is 2.21. The maximum atomic E-state index is 10.3. The van der Waals surface area contributed by atoms with E-state index >= 15 is 0 Å². The van der Waals surface area contributed by atoms with Crippen LogP contribution >= 0.6 is 0 Å². The minimum atomic E-state index is -0.536. The van der Waals surface area contributed by atoms with E-state index in [1.807, 2.05) is 19.1 Å². The summed E-state index contributed by atoms with van der Waals surface area (Å²) in [5.74, 6) is 0.539. The molecule has 0 bridgehead atoms. The predicted molar refractivity (Wildman–Crippen MR) is 78.2 cm³/mol. The summed E-state index contributed by atoms with van der Waals surface area (Å²) in [6, 6.07) is 12.3. The molecule has 100 valence electrons. The molecule has 0 radical (unpaired) electrons. The van der Waals surface area contributed by atoms with Gasteiger partial charge in [0.1, 0.15) is 6.10 Å². The van der Waals surface area contributed by atoms with Gasteiger partial charge >= 0.3 is 0 Å². The van der Waals surface area contributed by atoms with E-state index in [9.17, 15) is 5.11 Å². The molecular weight excluding hydrogens is 234 g/mol. The second-order valence-corrected chi connectivity index (χ2v) is 5.32. The van der Waals surface area contributed by atoms with Gasteiger partial charge in [-0.2, -0.15) is 0 Å². The summed E-state index contributed by atoms with van der Waals surface area (Å²) in [6.07, 6.45) is 1.80. The Morgan fingerprint density at radius 1 is 1.11 bits per heavy atom. The first-order chi connectivity index (χ1) is 9.08. The minimum Gasteiger partial charge on any atom is -0.386 e. The zero-order valence-corrected chi connectivity index (χ0v) is 11.8. The van der Waals surface area contributed by atoms with Crippen molar-refractivity contribution in [2.45, 2.75) is 39.2 Å². The molecule has 1 unspecified atom stereocenters.